The Balaban J connectivity index is 2.24. The maximum atomic E-state index is 12.6. The molecule has 120 valence electrons. The van der Waals surface area contributed by atoms with Crippen LogP contribution in [0.4, 0.5) is 0 Å². The zero-order chi connectivity index (χ0) is 16.3. The monoisotopic (exact) mass is 307 g/mol. The molecule has 2 atom stereocenters. The van der Waals surface area contributed by atoms with Gasteiger partial charge in [0, 0.05) is 12.6 Å². The predicted molar refractivity (Wildman–Crippen MR) is 80.4 cm³/mol. The van der Waals surface area contributed by atoms with Gasteiger partial charge >= 0.3 is 5.97 Å². The number of hydrogen-bond donors (Lipinski definition) is 1. The van der Waals surface area contributed by atoms with Gasteiger partial charge in [0.15, 0.2) is 11.5 Å². The van der Waals surface area contributed by atoms with Crippen LogP contribution in [0.2, 0.25) is 0 Å². The second kappa shape index (κ2) is 6.68. The van der Waals surface area contributed by atoms with Crippen molar-refractivity contribution in [2.45, 2.75) is 26.3 Å². The summed E-state index contributed by atoms with van der Waals surface area (Å²) in [6, 6.07) is 4.05. The van der Waals surface area contributed by atoms with Crippen LogP contribution >= 0.6 is 0 Å². The minimum absolute atomic E-state index is 0.135. The Bertz CT molecular complexity index is 572. The van der Waals surface area contributed by atoms with Gasteiger partial charge in [-0.3, -0.25) is 4.79 Å². The smallest absolute Gasteiger partial charge is 0.326 e. The van der Waals surface area contributed by atoms with E-state index in [0.29, 0.717) is 36.7 Å². The highest BCUT2D eigenvalue weighted by Gasteiger charge is 2.31. The molecule has 0 bridgehead atoms. The van der Waals surface area contributed by atoms with Crippen molar-refractivity contribution in [2.75, 3.05) is 20.3 Å². The maximum Gasteiger partial charge on any atom is 0.326 e. The molecule has 0 saturated heterocycles. The number of aliphatic carboxylic acids is 1. The minimum Gasteiger partial charge on any atom is -0.486 e. The molecule has 1 aromatic rings. The molecule has 1 aromatic carbocycles. The molecule has 0 saturated carbocycles. The van der Waals surface area contributed by atoms with Crippen molar-refractivity contribution in [3.8, 4) is 11.5 Å². The lowest BCUT2D eigenvalue weighted by molar-refractivity contribution is -0.143. The summed E-state index contributed by atoms with van der Waals surface area (Å²) < 4.78 is 10.9. The van der Waals surface area contributed by atoms with Crippen molar-refractivity contribution in [3.63, 3.8) is 0 Å². The average Bonchev–Trinajstić information content (AvgIpc) is 2.53. The number of carboxylic acid groups (broad SMARTS) is 1. The van der Waals surface area contributed by atoms with Gasteiger partial charge in [-0.25, -0.2) is 4.79 Å². The quantitative estimate of drug-likeness (QED) is 0.900. The lowest BCUT2D eigenvalue weighted by atomic mass is 9.97. The molecule has 6 heteroatoms. The number of benzene rings is 1. The summed E-state index contributed by atoms with van der Waals surface area (Å²) in [6.45, 7) is 4.65. The first-order chi connectivity index (χ1) is 10.5. The van der Waals surface area contributed by atoms with Crippen LogP contribution in [0, 0.1) is 5.92 Å². The first-order valence-electron chi connectivity index (χ1n) is 7.35. The van der Waals surface area contributed by atoms with Gasteiger partial charge in [-0.05, 0) is 24.1 Å². The van der Waals surface area contributed by atoms with Gasteiger partial charge in [0.25, 0.3) is 5.91 Å². The molecule has 1 amide bonds. The van der Waals surface area contributed by atoms with Gasteiger partial charge in [0.2, 0.25) is 0 Å². The number of carbonyl (C=O) groups is 2. The van der Waals surface area contributed by atoms with E-state index in [-0.39, 0.29) is 11.8 Å². The van der Waals surface area contributed by atoms with Crippen LogP contribution in [0.3, 0.4) is 0 Å². The summed E-state index contributed by atoms with van der Waals surface area (Å²) in [5.41, 5.74) is 0.390. The fourth-order valence-electron chi connectivity index (χ4n) is 2.52. The van der Waals surface area contributed by atoms with Crippen LogP contribution in [0.25, 0.3) is 0 Å². The second-order valence-electron chi connectivity index (χ2n) is 5.44. The highest BCUT2D eigenvalue weighted by molar-refractivity contribution is 5.97. The SMILES string of the molecule is CCC(C)C(C(=O)O)N(C)C(=O)c1ccc2c(c1)OCCO2. The number of nitrogens with zero attached hydrogens (tertiary/aromatic N) is 1. The number of ether oxygens (including phenoxy) is 2. The van der Waals surface area contributed by atoms with Gasteiger partial charge < -0.3 is 19.5 Å². The van der Waals surface area contributed by atoms with Gasteiger partial charge in [-0.1, -0.05) is 20.3 Å². The fraction of sp³-hybridized carbons (Fsp3) is 0.500. The Morgan fingerprint density at radius 3 is 2.50 bits per heavy atom. The van der Waals surface area contributed by atoms with Crippen molar-refractivity contribution >= 4 is 11.9 Å². The second-order valence-corrected chi connectivity index (χ2v) is 5.44. The van der Waals surface area contributed by atoms with Crippen molar-refractivity contribution in [1.29, 1.82) is 0 Å². The van der Waals surface area contributed by atoms with Crippen LogP contribution in [0.1, 0.15) is 30.6 Å². The number of carbonyl (C=O) groups excluding carboxylic acids is 1. The summed E-state index contributed by atoms with van der Waals surface area (Å²) in [7, 11) is 1.52. The molecule has 1 heterocycles. The Hall–Kier alpha value is -2.24. The van der Waals surface area contributed by atoms with Crippen molar-refractivity contribution < 1.29 is 24.2 Å². The third kappa shape index (κ3) is 3.16. The highest BCUT2D eigenvalue weighted by atomic mass is 16.6. The van der Waals surface area contributed by atoms with E-state index in [1.165, 1.54) is 11.9 Å². The number of rotatable bonds is 5. The van der Waals surface area contributed by atoms with Gasteiger partial charge in [-0.15, -0.1) is 0 Å². The van der Waals surface area contributed by atoms with Crippen molar-refractivity contribution in [3.05, 3.63) is 23.8 Å². The average molecular weight is 307 g/mol. The standard InChI is InChI=1S/C16H21NO5/c1-4-10(2)14(16(19)20)17(3)15(18)11-5-6-12-13(9-11)22-8-7-21-12/h5-6,9-10,14H,4,7-8H2,1-3H3,(H,19,20). The largest absolute Gasteiger partial charge is 0.486 e. The number of carboxylic acids is 1. The summed E-state index contributed by atoms with van der Waals surface area (Å²) in [4.78, 5) is 25.3. The molecule has 0 aliphatic carbocycles. The molecular formula is C16H21NO5. The molecule has 0 fully saturated rings. The van der Waals surface area contributed by atoms with E-state index in [0.717, 1.165) is 0 Å². The summed E-state index contributed by atoms with van der Waals surface area (Å²) in [6.07, 6.45) is 0.676. The molecule has 0 radical (unpaired) electrons. The van der Waals surface area contributed by atoms with Gasteiger partial charge in [0.05, 0.1) is 0 Å². The topological polar surface area (TPSA) is 76.1 Å². The molecule has 0 aromatic heterocycles. The Morgan fingerprint density at radius 1 is 1.27 bits per heavy atom. The molecule has 6 nitrogen and oxygen atoms in total. The number of fused-ring (bicyclic) bond motifs is 1. The summed E-state index contributed by atoms with van der Waals surface area (Å²) >= 11 is 0. The van der Waals surface area contributed by atoms with E-state index in [9.17, 15) is 14.7 Å². The van der Waals surface area contributed by atoms with E-state index in [1.807, 2.05) is 13.8 Å². The zero-order valence-electron chi connectivity index (χ0n) is 13.0. The van der Waals surface area contributed by atoms with E-state index >= 15 is 0 Å². The number of hydrogen-bond acceptors (Lipinski definition) is 4. The van der Waals surface area contributed by atoms with E-state index < -0.39 is 12.0 Å². The highest BCUT2D eigenvalue weighted by Crippen LogP contribution is 2.31. The Morgan fingerprint density at radius 2 is 1.91 bits per heavy atom. The molecule has 0 spiro atoms. The fourth-order valence-corrected chi connectivity index (χ4v) is 2.52. The predicted octanol–water partition coefficient (Wildman–Crippen LogP) is 2.03. The normalized spacial score (nSPS) is 15.8. The summed E-state index contributed by atoms with van der Waals surface area (Å²) in [5, 5.41) is 9.39. The number of likely N-dealkylation sites (N-methyl/N-ethyl adjacent to an activating group) is 1. The molecule has 1 aliphatic rings. The Kier molecular flexibility index (Phi) is 4.90. The zero-order valence-corrected chi connectivity index (χ0v) is 13.0. The van der Waals surface area contributed by atoms with E-state index in [1.54, 1.807) is 18.2 Å². The van der Waals surface area contributed by atoms with Crippen molar-refractivity contribution in [1.82, 2.24) is 4.90 Å². The number of amides is 1. The van der Waals surface area contributed by atoms with Crippen LogP contribution in [0.5, 0.6) is 11.5 Å². The molecule has 1 N–H and O–H groups in total. The molecule has 2 rings (SSSR count). The Labute approximate surface area is 129 Å². The minimum atomic E-state index is -0.997. The van der Waals surface area contributed by atoms with Gasteiger partial charge in [-0.2, -0.15) is 0 Å². The van der Waals surface area contributed by atoms with Crippen LogP contribution in [-0.4, -0.2) is 48.2 Å². The third-order valence-corrected chi connectivity index (χ3v) is 3.96. The molecule has 1 aliphatic heterocycles. The third-order valence-electron chi connectivity index (χ3n) is 3.96. The van der Waals surface area contributed by atoms with Crippen LogP contribution in [-0.2, 0) is 4.79 Å². The lowest BCUT2D eigenvalue weighted by Crippen LogP contribution is -2.46. The van der Waals surface area contributed by atoms with E-state index in [2.05, 4.69) is 0 Å². The summed E-state index contributed by atoms with van der Waals surface area (Å²) in [5.74, 6) is -0.362. The van der Waals surface area contributed by atoms with Crippen LogP contribution < -0.4 is 9.47 Å². The molecule has 22 heavy (non-hydrogen) atoms. The maximum absolute atomic E-state index is 12.6. The van der Waals surface area contributed by atoms with Crippen LogP contribution in [0.15, 0.2) is 18.2 Å². The van der Waals surface area contributed by atoms with E-state index in [4.69, 9.17) is 9.47 Å². The molecular weight excluding hydrogens is 286 g/mol. The first kappa shape index (κ1) is 16.1. The first-order valence-corrected chi connectivity index (χ1v) is 7.35. The van der Waals surface area contributed by atoms with Crippen molar-refractivity contribution in [2.24, 2.45) is 5.92 Å². The van der Waals surface area contributed by atoms with Gasteiger partial charge in [0.1, 0.15) is 19.3 Å². The lowest BCUT2D eigenvalue weighted by Gasteiger charge is -2.29. The molecule has 2 unspecified atom stereocenters.